The standard InChI is InChI=1S/C51H47N7O7S2/c1-56-27-29-57(30-28-56)50(62)64-31-36-32-66-47-42(46(60)58(47)43(36)48(61)65-44(34-17-7-2-8-18-34)35-19-9-3-10-20-35)53-45(59)41(55-63)40-33-67-49(52-40)54-51(37-21-11-4-12-22-37,38-23-13-5-14-24-38)39-25-15-6-16-26-39/h2-26,33,42,44,47,63H,27-32H2,1H3,(H,52,54)(H,53,59)/b55-41-/t42-,47-/m1/s1. The number of carbonyl (C=O) groups is 4. The molecule has 1 aromatic heterocycles. The predicted octanol–water partition coefficient (Wildman–Crippen LogP) is 7.10. The molecular weight excluding hydrogens is 887 g/mol. The highest BCUT2D eigenvalue weighted by atomic mass is 32.2. The number of rotatable bonds is 14. The summed E-state index contributed by atoms with van der Waals surface area (Å²) in [5.41, 5.74) is 3.38. The molecule has 3 N–H and O–H groups in total. The molecule has 0 unspecified atom stereocenters. The minimum absolute atomic E-state index is 0.0488. The van der Waals surface area contributed by atoms with Crippen LogP contribution in [-0.2, 0) is 29.4 Å². The number of nitrogens with one attached hydrogen (secondary N) is 2. The van der Waals surface area contributed by atoms with Crippen LogP contribution in [0.5, 0.6) is 0 Å². The van der Waals surface area contributed by atoms with E-state index in [1.54, 1.807) is 10.3 Å². The van der Waals surface area contributed by atoms with Gasteiger partial charge in [-0.15, -0.1) is 23.1 Å². The summed E-state index contributed by atoms with van der Waals surface area (Å²) in [4.78, 5) is 65.8. The van der Waals surface area contributed by atoms with Gasteiger partial charge in [-0.25, -0.2) is 14.6 Å². The summed E-state index contributed by atoms with van der Waals surface area (Å²) in [5.74, 6) is -2.03. The Kier molecular flexibility index (Phi) is 13.5. The first-order valence-electron chi connectivity index (χ1n) is 21.8. The van der Waals surface area contributed by atoms with Crippen molar-refractivity contribution in [3.63, 3.8) is 0 Å². The van der Waals surface area contributed by atoms with Crippen molar-refractivity contribution in [2.75, 3.05) is 50.9 Å². The van der Waals surface area contributed by atoms with Gasteiger partial charge in [0, 0.05) is 42.9 Å². The largest absolute Gasteiger partial charge is 0.448 e. The van der Waals surface area contributed by atoms with Crippen molar-refractivity contribution in [2.24, 2.45) is 5.16 Å². The quantitative estimate of drug-likeness (QED) is 0.0255. The number of β-lactam (4-membered cyclic amide) rings is 1. The lowest BCUT2D eigenvalue weighted by Gasteiger charge is -2.49. The van der Waals surface area contributed by atoms with Crippen molar-refractivity contribution in [1.29, 1.82) is 0 Å². The highest BCUT2D eigenvalue weighted by Gasteiger charge is 2.55. The first-order valence-corrected chi connectivity index (χ1v) is 23.7. The van der Waals surface area contributed by atoms with Crippen molar-refractivity contribution in [3.05, 3.63) is 202 Å². The van der Waals surface area contributed by atoms with E-state index in [-0.39, 0.29) is 23.8 Å². The third-order valence-electron chi connectivity index (χ3n) is 12.1. The first kappa shape index (κ1) is 44.9. The molecule has 2 saturated heterocycles. The Labute approximate surface area is 395 Å². The van der Waals surface area contributed by atoms with Crippen LogP contribution in [0.2, 0.25) is 0 Å². The highest BCUT2D eigenvalue weighted by Crippen LogP contribution is 2.43. The lowest BCUT2D eigenvalue weighted by Crippen LogP contribution is -2.71. The third kappa shape index (κ3) is 9.28. The Bertz CT molecular complexity index is 2630. The zero-order chi connectivity index (χ0) is 46.3. The van der Waals surface area contributed by atoms with Crippen LogP contribution in [0, 0.1) is 0 Å². The van der Waals surface area contributed by atoms with Gasteiger partial charge in [-0.1, -0.05) is 157 Å². The number of nitrogens with zero attached hydrogens (tertiary/aromatic N) is 5. The van der Waals surface area contributed by atoms with E-state index in [1.807, 2.05) is 159 Å². The summed E-state index contributed by atoms with van der Waals surface area (Å²) >= 11 is 2.53. The maximum absolute atomic E-state index is 14.5. The Balaban J connectivity index is 0.962. The fraction of sp³-hybridized carbons (Fsp3) is 0.216. The number of aromatic nitrogens is 1. The molecule has 0 spiro atoms. The van der Waals surface area contributed by atoms with Crippen LogP contribution in [0.4, 0.5) is 9.93 Å². The second-order valence-corrected chi connectivity index (χ2v) is 18.2. The van der Waals surface area contributed by atoms with E-state index >= 15 is 0 Å². The van der Waals surface area contributed by atoms with E-state index in [0.717, 1.165) is 27.8 Å². The number of piperazine rings is 1. The number of hydrogen-bond acceptors (Lipinski definition) is 13. The van der Waals surface area contributed by atoms with Crippen LogP contribution >= 0.6 is 23.1 Å². The number of thiazole rings is 1. The number of likely N-dealkylation sites (N-methyl/N-ethyl adjacent to an activating group) is 1. The maximum Gasteiger partial charge on any atom is 0.410 e. The smallest absolute Gasteiger partial charge is 0.410 e. The van der Waals surface area contributed by atoms with Gasteiger partial charge in [-0.2, -0.15) is 0 Å². The lowest BCUT2D eigenvalue weighted by atomic mass is 9.77. The molecule has 5 aromatic carbocycles. The molecule has 4 heterocycles. The van der Waals surface area contributed by atoms with Gasteiger partial charge >= 0.3 is 12.1 Å². The molecule has 2 fully saturated rings. The van der Waals surface area contributed by atoms with Crippen LogP contribution in [0.25, 0.3) is 0 Å². The Morgan fingerprint density at radius 1 is 0.791 bits per heavy atom. The number of benzene rings is 5. The third-order valence-corrected chi connectivity index (χ3v) is 14.2. The lowest BCUT2D eigenvalue weighted by molar-refractivity contribution is -0.154. The van der Waals surface area contributed by atoms with E-state index in [0.29, 0.717) is 36.9 Å². The summed E-state index contributed by atoms with van der Waals surface area (Å²) in [6, 6.07) is 47.3. The van der Waals surface area contributed by atoms with E-state index in [4.69, 9.17) is 14.5 Å². The van der Waals surface area contributed by atoms with E-state index in [2.05, 4.69) is 20.7 Å². The molecule has 0 aliphatic carbocycles. The molecule has 14 nitrogen and oxygen atoms in total. The fourth-order valence-corrected chi connectivity index (χ4v) is 10.6. The van der Waals surface area contributed by atoms with Gasteiger partial charge in [-0.3, -0.25) is 14.5 Å². The summed E-state index contributed by atoms with van der Waals surface area (Å²) in [6.45, 7) is 2.14. The van der Waals surface area contributed by atoms with Crippen molar-refractivity contribution in [1.82, 2.24) is 25.0 Å². The molecular formula is C51H47N7O7S2. The topological polar surface area (TPSA) is 166 Å². The van der Waals surface area contributed by atoms with Gasteiger partial charge in [0.15, 0.2) is 16.9 Å². The zero-order valence-corrected chi connectivity index (χ0v) is 38.1. The van der Waals surface area contributed by atoms with E-state index in [9.17, 15) is 24.4 Å². The predicted molar refractivity (Wildman–Crippen MR) is 257 cm³/mol. The number of thioether (sulfide) groups is 1. The molecule has 3 amide bonds. The van der Waals surface area contributed by atoms with Gasteiger partial charge in [-0.05, 0) is 34.9 Å². The zero-order valence-electron chi connectivity index (χ0n) is 36.4. The van der Waals surface area contributed by atoms with Crippen molar-refractivity contribution < 1.29 is 33.9 Å². The summed E-state index contributed by atoms with van der Waals surface area (Å²) < 4.78 is 12.0. The number of anilines is 1. The van der Waals surface area contributed by atoms with Crippen LogP contribution in [-0.4, -0.2) is 111 Å². The molecule has 16 heteroatoms. The van der Waals surface area contributed by atoms with Gasteiger partial charge in [0.25, 0.3) is 11.8 Å². The van der Waals surface area contributed by atoms with Crippen LogP contribution < -0.4 is 10.6 Å². The normalized spacial score (nSPS) is 17.6. The number of carbonyl (C=O) groups excluding carboxylic acids is 4. The Hall–Kier alpha value is -7.27. The Morgan fingerprint density at radius 2 is 1.31 bits per heavy atom. The molecule has 6 aromatic rings. The fourth-order valence-electron chi connectivity index (χ4n) is 8.56. The second kappa shape index (κ2) is 20.1. The average Bonchev–Trinajstić information content (AvgIpc) is 3.84. The summed E-state index contributed by atoms with van der Waals surface area (Å²) in [5, 5.41) is 21.4. The molecule has 340 valence electrons. The number of amides is 3. The minimum Gasteiger partial charge on any atom is -0.448 e. The molecule has 0 saturated carbocycles. The molecule has 0 bridgehead atoms. The molecule has 3 aliphatic rings. The molecule has 9 rings (SSSR count). The van der Waals surface area contributed by atoms with Gasteiger partial charge in [0.2, 0.25) is 0 Å². The van der Waals surface area contributed by atoms with Crippen molar-refractivity contribution in [2.45, 2.75) is 23.1 Å². The summed E-state index contributed by atoms with van der Waals surface area (Å²) in [7, 11) is 1.98. The monoisotopic (exact) mass is 933 g/mol. The van der Waals surface area contributed by atoms with Crippen LogP contribution in [0.1, 0.15) is 39.6 Å². The van der Waals surface area contributed by atoms with Crippen molar-refractivity contribution >= 4 is 57.8 Å². The maximum atomic E-state index is 14.5. The van der Waals surface area contributed by atoms with Crippen LogP contribution in [0.15, 0.2) is 173 Å². The van der Waals surface area contributed by atoms with Gasteiger partial charge in [0.1, 0.15) is 35.0 Å². The first-order chi connectivity index (χ1) is 32.7. The van der Waals surface area contributed by atoms with Crippen LogP contribution in [0.3, 0.4) is 0 Å². The van der Waals surface area contributed by atoms with E-state index < -0.39 is 52.6 Å². The van der Waals surface area contributed by atoms with Gasteiger partial charge in [0.05, 0.1) is 0 Å². The number of oxime groups is 1. The number of hydrogen-bond donors (Lipinski definition) is 3. The SMILES string of the molecule is CN1CCN(C(=O)OCC2=C(C(=O)OC(c3ccccc3)c3ccccc3)N3C(=O)[C@@H](NC(=O)/C(=N\O)c4csc(NC(c5ccccc5)(c5ccccc5)c5ccccc5)n4)[C@H]3SC2)CC1. The summed E-state index contributed by atoms with van der Waals surface area (Å²) in [6.07, 6.45) is -1.34. The number of fused-ring (bicyclic) bond motifs is 1. The minimum atomic E-state index is -1.11. The second-order valence-electron chi connectivity index (χ2n) is 16.2. The van der Waals surface area contributed by atoms with E-state index in [1.165, 1.54) is 28.0 Å². The number of ether oxygens (including phenoxy) is 2. The molecule has 3 aliphatic heterocycles. The molecule has 0 radical (unpaired) electrons. The molecule has 67 heavy (non-hydrogen) atoms. The van der Waals surface area contributed by atoms with Crippen molar-refractivity contribution in [3.8, 4) is 0 Å². The highest BCUT2D eigenvalue weighted by molar-refractivity contribution is 8.00. The Morgan fingerprint density at radius 3 is 1.84 bits per heavy atom. The average molecular weight is 934 g/mol. The van der Waals surface area contributed by atoms with Gasteiger partial charge < -0.3 is 35.1 Å². The number of esters is 1. The molecule has 2 atom stereocenters.